The second-order valence-electron chi connectivity index (χ2n) is 4.38. The molecule has 0 N–H and O–H groups in total. The molecule has 0 aromatic heterocycles. The normalized spacial score (nSPS) is 21.9. The van der Waals surface area contributed by atoms with Gasteiger partial charge in [-0.3, -0.25) is 14.7 Å². The fourth-order valence-corrected chi connectivity index (χ4v) is 2.98. The van der Waals surface area contributed by atoms with Crippen LogP contribution in [0.3, 0.4) is 0 Å². The van der Waals surface area contributed by atoms with Gasteiger partial charge in [0.15, 0.2) is 16.7 Å². The number of benzene rings is 1. The summed E-state index contributed by atoms with van der Waals surface area (Å²) in [5.41, 5.74) is 0.913. The van der Waals surface area contributed by atoms with Crippen LogP contribution in [0.25, 0.3) is 6.08 Å². The molecule has 2 aliphatic heterocycles. The average molecular weight is 290 g/mol. The zero-order valence-electron chi connectivity index (χ0n) is 11.3. The van der Waals surface area contributed by atoms with E-state index in [0.717, 1.165) is 17.1 Å². The SMILES string of the molecule is CN=C1S/C(=C/c2ccc3c(c2)OCCO3)C(=O)N1C. The van der Waals surface area contributed by atoms with Gasteiger partial charge in [-0.15, -0.1) is 0 Å². The summed E-state index contributed by atoms with van der Waals surface area (Å²) in [7, 11) is 3.40. The summed E-state index contributed by atoms with van der Waals surface area (Å²) in [6.45, 7) is 1.12. The zero-order chi connectivity index (χ0) is 14.1. The van der Waals surface area contributed by atoms with Crippen molar-refractivity contribution in [2.75, 3.05) is 27.3 Å². The third kappa shape index (κ3) is 2.27. The van der Waals surface area contributed by atoms with E-state index in [1.165, 1.54) is 11.8 Å². The molecule has 0 atom stereocenters. The van der Waals surface area contributed by atoms with Gasteiger partial charge in [-0.2, -0.15) is 0 Å². The Hall–Kier alpha value is -1.95. The van der Waals surface area contributed by atoms with Crippen molar-refractivity contribution in [3.05, 3.63) is 28.7 Å². The van der Waals surface area contributed by atoms with Crippen LogP contribution >= 0.6 is 11.8 Å². The molecule has 0 radical (unpaired) electrons. The van der Waals surface area contributed by atoms with E-state index in [2.05, 4.69) is 4.99 Å². The van der Waals surface area contributed by atoms with E-state index in [0.29, 0.717) is 23.3 Å². The molecule has 0 aliphatic carbocycles. The molecular formula is C14H14N2O3S. The first-order chi connectivity index (χ1) is 9.69. The quantitative estimate of drug-likeness (QED) is 0.742. The number of ether oxygens (including phenoxy) is 2. The largest absolute Gasteiger partial charge is 0.486 e. The first-order valence-corrected chi connectivity index (χ1v) is 7.05. The van der Waals surface area contributed by atoms with Crippen molar-refractivity contribution in [2.45, 2.75) is 0 Å². The number of fused-ring (bicyclic) bond motifs is 1. The number of carbonyl (C=O) groups is 1. The fraction of sp³-hybridized carbons (Fsp3) is 0.286. The van der Waals surface area contributed by atoms with Crippen LogP contribution in [-0.4, -0.2) is 43.3 Å². The number of thioether (sulfide) groups is 1. The lowest BCUT2D eigenvalue weighted by Crippen LogP contribution is -2.23. The van der Waals surface area contributed by atoms with Gasteiger partial charge in [0.1, 0.15) is 13.2 Å². The summed E-state index contributed by atoms with van der Waals surface area (Å²) in [6, 6.07) is 5.66. The summed E-state index contributed by atoms with van der Waals surface area (Å²) >= 11 is 1.37. The molecule has 20 heavy (non-hydrogen) atoms. The predicted octanol–water partition coefficient (Wildman–Crippen LogP) is 1.99. The molecule has 1 aromatic rings. The maximum Gasteiger partial charge on any atom is 0.266 e. The molecule has 1 amide bonds. The smallest absolute Gasteiger partial charge is 0.266 e. The molecule has 2 heterocycles. The molecule has 0 spiro atoms. The summed E-state index contributed by atoms with van der Waals surface area (Å²) in [5, 5.41) is 0.707. The van der Waals surface area contributed by atoms with Crippen molar-refractivity contribution in [1.29, 1.82) is 0 Å². The van der Waals surface area contributed by atoms with Gasteiger partial charge in [-0.1, -0.05) is 6.07 Å². The lowest BCUT2D eigenvalue weighted by atomic mass is 10.1. The lowest BCUT2D eigenvalue weighted by Gasteiger charge is -2.18. The van der Waals surface area contributed by atoms with Gasteiger partial charge < -0.3 is 9.47 Å². The topological polar surface area (TPSA) is 51.1 Å². The van der Waals surface area contributed by atoms with Crippen molar-refractivity contribution in [1.82, 2.24) is 4.90 Å². The Balaban J connectivity index is 1.91. The van der Waals surface area contributed by atoms with E-state index in [1.807, 2.05) is 24.3 Å². The molecule has 1 saturated heterocycles. The van der Waals surface area contributed by atoms with Crippen molar-refractivity contribution in [2.24, 2.45) is 4.99 Å². The van der Waals surface area contributed by atoms with Crippen LogP contribution in [0.5, 0.6) is 11.5 Å². The lowest BCUT2D eigenvalue weighted by molar-refractivity contribution is -0.121. The van der Waals surface area contributed by atoms with Crippen molar-refractivity contribution in [3.8, 4) is 11.5 Å². The molecule has 6 heteroatoms. The van der Waals surface area contributed by atoms with E-state index in [-0.39, 0.29) is 5.91 Å². The monoisotopic (exact) mass is 290 g/mol. The highest BCUT2D eigenvalue weighted by Crippen LogP contribution is 2.34. The zero-order valence-corrected chi connectivity index (χ0v) is 12.1. The Morgan fingerprint density at radius 3 is 2.75 bits per heavy atom. The minimum absolute atomic E-state index is 0.0366. The Morgan fingerprint density at radius 1 is 1.30 bits per heavy atom. The Labute approximate surface area is 121 Å². The van der Waals surface area contributed by atoms with Gasteiger partial charge >= 0.3 is 0 Å². The van der Waals surface area contributed by atoms with Gasteiger partial charge in [-0.25, -0.2) is 0 Å². The molecule has 2 aliphatic rings. The number of hydrogen-bond donors (Lipinski definition) is 0. The van der Waals surface area contributed by atoms with Gasteiger partial charge in [0, 0.05) is 14.1 Å². The van der Waals surface area contributed by atoms with E-state index < -0.39 is 0 Å². The molecule has 0 bridgehead atoms. The number of amidine groups is 1. The number of nitrogens with zero attached hydrogens (tertiary/aromatic N) is 2. The molecule has 5 nitrogen and oxygen atoms in total. The molecule has 1 fully saturated rings. The van der Waals surface area contributed by atoms with Gasteiger partial charge in [0.25, 0.3) is 5.91 Å². The molecule has 3 rings (SSSR count). The van der Waals surface area contributed by atoms with Crippen LogP contribution in [0.2, 0.25) is 0 Å². The highest BCUT2D eigenvalue weighted by molar-refractivity contribution is 8.18. The van der Waals surface area contributed by atoms with Crippen molar-refractivity contribution in [3.63, 3.8) is 0 Å². The van der Waals surface area contributed by atoms with Gasteiger partial charge in [0.2, 0.25) is 0 Å². The summed E-state index contributed by atoms with van der Waals surface area (Å²) < 4.78 is 11.0. The predicted molar refractivity (Wildman–Crippen MR) is 79.1 cm³/mol. The maximum absolute atomic E-state index is 12.1. The Bertz CT molecular complexity index is 625. The number of likely N-dealkylation sites (N-methyl/N-ethyl adjacent to an activating group) is 1. The van der Waals surface area contributed by atoms with Crippen LogP contribution in [0.1, 0.15) is 5.56 Å². The third-order valence-electron chi connectivity index (χ3n) is 3.06. The Kier molecular flexibility index (Phi) is 3.40. The molecule has 104 valence electrons. The average Bonchev–Trinajstić information content (AvgIpc) is 2.75. The first kappa shape index (κ1) is 13.1. The van der Waals surface area contributed by atoms with Crippen molar-refractivity contribution < 1.29 is 14.3 Å². The fourth-order valence-electron chi connectivity index (χ4n) is 2.05. The molecule has 0 saturated carbocycles. The van der Waals surface area contributed by atoms with Gasteiger partial charge in [-0.05, 0) is 35.5 Å². The molecule has 1 aromatic carbocycles. The summed E-state index contributed by atoms with van der Waals surface area (Å²) in [4.78, 5) is 18.4. The highest BCUT2D eigenvalue weighted by Gasteiger charge is 2.29. The molecule has 0 unspecified atom stereocenters. The molecular weight excluding hydrogens is 276 g/mol. The van der Waals surface area contributed by atoms with E-state index in [1.54, 1.807) is 19.0 Å². The standard InChI is InChI=1S/C14H14N2O3S/c1-15-14-16(2)13(17)12(20-14)8-9-3-4-10-11(7-9)19-6-5-18-10/h3-4,7-8H,5-6H2,1-2H3/b12-8+,15-14?. The minimum Gasteiger partial charge on any atom is -0.486 e. The van der Waals surface area contributed by atoms with Crippen LogP contribution in [0.4, 0.5) is 0 Å². The van der Waals surface area contributed by atoms with E-state index in [9.17, 15) is 4.79 Å². The number of amides is 1. The number of carbonyl (C=O) groups excluding carboxylic acids is 1. The maximum atomic E-state index is 12.1. The third-order valence-corrected chi connectivity index (χ3v) is 4.21. The van der Waals surface area contributed by atoms with Crippen LogP contribution < -0.4 is 9.47 Å². The summed E-state index contributed by atoms with van der Waals surface area (Å²) in [6.07, 6.45) is 1.85. The first-order valence-electron chi connectivity index (χ1n) is 6.23. The number of rotatable bonds is 1. The van der Waals surface area contributed by atoms with Crippen molar-refractivity contribution >= 4 is 28.9 Å². The second kappa shape index (κ2) is 5.20. The highest BCUT2D eigenvalue weighted by atomic mass is 32.2. The number of hydrogen-bond acceptors (Lipinski definition) is 5. The van der Waals surface area contributed by atoms with Crippen LogP contribution in [0.15, 0.2) is 28.1 Å². The minimum atomic E-state index is -0.0366. The summed E-state index contributed by atoms with van der Waals surface area (Å²) in [5.74, 6) is 1.43. The Morgan fingerprint density at radius 2 is 2.05 bits per heavy atom. The van der Waals surface area contributed by atoms with Gasteiger partial charge in [0.05, 0.1) is 4.91 Å². The van der Waals surface area contributed by atoms with E-state index >= 15 is 0 Å². The second-order valence-corrected chi connectivity index (χ2v) is 5.39. The number of aliphatic imine (C=N–C) groups is 1. The van der Waals surface area contributed by atoms with Crippen LogP contribution in [0, 0.1) is 0 Å². The van der Waals surface area contributed by atoms with Crippen LogP contribution in [-0.2, 0) is 4.79 Å². The van der Waals surface area contributed by atoms with E-state index in [4.69, 9.17) is 9.47 Å².